The minimum absolute atomic E-state index is 0.340. The zero-order valence-electron chi connectivity index (χ0n) is 6.36. The van der Waals surface area contributed by atoms with E-state index in [0.717, 1.165) is 10.6 Å². The van der Waals surface area contributed by atoms with Gasteiger partial charge in [0.15, 0.2) is 0 Å². The molecule has 1 aromatic carbocycles. The van der Waals surface area contributed by atoms with E-state index in [1.807, 2.05) is 6.07 Å². The molecule has 0 saturated heterocycles. The first-order chi connectivity index (χ1) is 5.43. The van der Waals surface area contributed by atoms with Gasteiger partial charge >= 0.3 is 73.2 Å². The summed E-state index contributed by atoms with van der Waals surface area (Å²) in [4.78, 5) is 0. The standard InChI is InChI=1S/C9H12OSe/c10-6-7-11-8-9-4-2-1-3-5-9/h1-5,10H,6-8H2. The van der Waals surface area contributed by atoms with Crippen LogP contribution < -0.4 is 0 Å². The van der Waals surface area contributed by atoms with E-state index in [4.69, 9.17) is 5.11 Å². The van der Waals surface area contributed by atoms with Gasteiger partial charge in [0.25, 0.3) is 0 Å². The van der Waals surface area contributed by atoms with Gasteiger partial charge in [-0.1, -0.05) is 0 Å². The Labute approximate surface area is 73.6 Å². The topological polar surface area (TPSA) is 20.2 Å². The Kier molecular flexibility index (Phi) is 4.29. The fourth-order valence-electron chi connectivity index (χ4n) is 0.829. The van der Waals surface area contributed by atoms with Crippen molar-refractivity contribution < 1.29 is 5.11 Å². The van der Waals surface area contributed by atoms with Gasteiger partial charge in [-0.3, -0.25) is 0 Å². The molecule has 0 atom stereocenters. The van der Waals surface area contributed by atoms with E-state index in [9.17, 15) is 0 Å². The molecule has 1 N–H and O–H groups in total. The van der Waals surface area contributed by atoms with Crippen molar-refractivity contribution in [2.75, 3.05) is 6.61 Å². The molecule has 0 fully saturated rings. The molecule has 0 saturated carbocycles. The molecular formula is C9H12OSe. The van der Waals surface area contributed by atoms with Crippen LogP contribution in [0.1, 0.15) is 5.56 Å². The van der Waals surface area contributed by atoms with E-state index >= 15 is 0 Å². The van der Waals surface area contributed by atoms with Crippen LogP contribution in [0.15, 0.2) is 30.3 Å². The van der Waals surface area contributed by atoms with Gasteiger partial charge in [-0.15, -0.1) is 0 Å². The van der Waals surface area contributed by atoms with Crippen molar-refractivity contribution in [1.29, 1.82) is 0 Å². The summed E-state index contributed by atoms with van der Waals surface area (Å²) in [6, 6.07) is 10.4. The van der Waals surface area contributed by atoms with Crippen LogP contribution in [0, 0.1) is 0 Å². The zero-order valence-corrected chi connectivity index (χ0v) is 8.08. The molecule has 0 spiro atoms. The van der Waals surface area contributed by atoms with Crippen molar-refractivity contribution in [3.63, 3.8) is 0 Å². The first-order valence-corrected chi connectivity index (χ1v) is 6.08. The minimum atomic E-state index is 0.340. The van der Waals surface area contributed by atoms with Crippen molar-refractivity contribution >= 4 is 15.0 Å². The average Bonchev–Trinajstić information content (AvgIpc) is 2.07. The molecule has 0 amide bonds. The second-order valence-electron chi connectivity index (χ2n) is 2.26. The van der Waals surface area contributed by atoms with Crippen LogP contribution in [0.2, 0.25) is 5.32 Å². The van der Waals surface area contributed by atoms with E-state index in [2.05, 4.69) is 24.3 Å². The van der Waals surface area contributed by atoms with Gasteiger partial charge in [0.1, 0.15) is 0 Å². The third-order valence-electron chi connectivity index (χ3n) is 1.35. The van der Waals surface area contributed by atoms with Crippen molar-refractivity contribution in [3.8, 4) is 0 Å². The number of hydrogen-bond donors (Lipinski definition) is 1. The van der Waals surface area contributed by atoms with E-state index in [1.165, 1.54) is 5.56 Å². The van der Waals surface area contributed by atoms with Gasteiger partial charge < -0.3 is 0 Å². The second kappa shape index (κ2) is 5.36. The fourth-order valence-corrected chi connectivity index (χ4v) is 2.30. The molecule has 0 radical (unpaired) electrons. The van der Waals surface area contributed by atoms with Crippen LogP contribution in [0.25, 0.3) is 0 Å². The molecule has 0 unspecified atom stereocenters. The summed E-state index contributed by atoms with van der Waals surface area (Å²) in [6.07, 6.45) is 0. The SMILES string of the molecule is OCC[Se]Cc1ccccc1. The molecule has 1 aromatic rings. The molecule has 11 heavy (non-hydrogen) atoms. The Balaban J connectivity index is 2.28. The van der Waals surface area contributed by atoms with Crippen LogP contribution >= 0.6 is 0 Å². The summed E-state index contributed by atoms with van der Waals surface area (Å²) in [5.41, 5.74) is 1.39. The quantitative estimate of drug-likeness (QED) is 0.593. The van der Waals surface area contributed by atoms with Gasteiger partial charge in [-0.05, 0) is 0 Å². The van der Waals surface area contributed by atoms with Gasteiger partial charge in [-0.25, -0.2) is 0 Å². The van der Waals surface area contributed by atoms with Crippen molar-refractivity contribution in [1.82, 2.24) is 0 Å². The summed E-state index contributed by atoms with van der Waals surface area (Å²) in [6.45, 7) is 0.340. The maximum atomic E-state index is 8.56. The van der Waals surface area contributed by atoms with Crippen LogP contribution in [0.4, 0.5) is 0 Å². The summed E-state index contributed by atoms with van der Waals surface area (Å²) < 4.78 is 0. The van der Waals surface area contributed by atoms with Gasteiger partial charge in [0, 0.05) is 0 Å². The molecule has 1 rings (SSSR count). The van der Waals surface area contributed by atoms with Crippen LogP contribution in [0.5, 0.6) is 0 Å². The molecular weight excluding hydrogens is 203 g/mol. The molecule has 0 bridgehead atoms. The fraction of sp³-hybridized carbons (Fsp3) is 0.333. The predicted molar refractivity (Wildman–Crippen MR) is 47.8 cm³/mol. The predicted octanol–water partition coefficient (Wildman–Crippen LogP) is 1.30. The number of rotatable bonds is 4. The Bertz CT molecular complexity index is 186. The Morgan fingerprint density at radius 2 is 1.91 bits per heavy atom. The molecule has 0 heterocycles. The Hall–Kier alpha value is -0.301. The first kappa shape index (κ1) is 8.79. The number of aliphatic hydroxyl groups is 1. The third kappa shape index (κ3) is 3.57. The molecule has 0 aromatic heterocycles. The number of aliphatic hydroxyl groups excluding tert-OH is 1. The summed E-state index contributed by atoms with van der Waals surface area (Å²) in [5, 5.41) is 10.7. The summed E-state index contributed by atoms with van der Waals surface area (Å²) >= 11 is 0.579. The zero-order chi connectivity index (χ0) is 7.94. The maximum absolute atomic E-state index is 8.56. The van der Waals surface area contributed by atoms with E-state index in [0.29, 0.717) is 21.6 Å². The molecule has 2 heteroatoms. The van der Waals surface area contributed by atoms with E-state index in [-0.39, 0.29) is 0 Å². The normalized spacial score (nSPS) is 9.91. The van der Waals surface area contributed by atoms with Gasteiger partial charge in [-0.2, -0.15) is 0 Å². The number of benzene rings is 1. The molecule has 0 aliphatic rings. The summed E-state index contributed by atoms with van der Waals surface area (Å²) in [5.74, 6) is 0. The Morgan fingerprint density at radius 1 is 1.18 bits per heavy atom. The van der Waals surface area contributed by atoms with Gasteiger partial charge in [0.2, 0.25) is 0 Å². The van der Waals surface area contributed by atoms with E-state index < -0.39 is 0 Å². The van der Waals surface area contributed by atoms with Crippen LogP contribution in [-0.2, 0) is 5.32 Å². The molecule has 0 aliphatic carbocycles. The van der Waals surface area contributed by atoms with Crippen molar-refractivity contribution in [3.05, 3.63) is 35.9 Å². The molecule has 60 valence electrons. The van der Waals surface area contributed by atoms with Crippen LogP contribution in [-0.4, -0.2) is 26.7 Å². The van der Waals surface area contributed by atoms with Crippen LogP contribution in [0.3, 0.4) is 0 Å². The first-order valence-electron chi connectivity index (χ1n) is 3.66. The second-order valence-corrected chi connectivity index (χ2v) is 4.58. The number of hydrogen-bond acceptors (Lipinski definition) is 1. The average molecular weight is 215 g/mol. The van der Waals surface area contributed by atoms with Crippen molar-refractivity contribution in [2.24, 2.45) is 0 Å². The third-order valence-corrected chi connectivity index (χ3v) is 3.46. The monoisotopic (exact) mass is 216 g/mol. The molecule has 0 aliphatic heterocycles. The Morgan fingerprint density at radius 3 is 2.55 bits per heavy atom. The van der Waals surface area contributed by atoms with Crippen molar-refractivity contribution in [2.45, 2.75) is 10.6 Å². The molecule has 1 nitrogen and oxygen atoms in total. The van der Waals surface area contributed by atoms with E-state index in [1.54, 1.807) is 0 Å². The summed E-state index contributed by atoms with van der Waals surface area (Å²) in [7, 11) is 0. The van der Waals surface area contributed by atoms with Gasteiger partial charge in [0.05, 0.1) is 0 Å².